The van der Waals surface area contributed by atoms with Crippen LogP contribution in [0.1, 0.15) is 33.6 Å². The summed E-state index contributed by atoms with van der Waals surface area (Å²) < 4.78 is 40.5. The minimum absolute atomic E-state index is 0.0592. The molecule has 2 aromatic carbocycles. The summed E-state index contributed by atoms with van der Waals surface area (Å²) in [5.74, 6) is 0.148. The van der Waals surface area contributed by atoms with Gasteiger partial charge in [0.05, 0.1) is 23.0 Å². The second-order valence-corrected chi connectivity index (χ2v) is 18.7. The van der Waals surface area contributed by atoms with Crippen molar-refractivity contribution in [3.05, 3.63) is 45.9 Å². The molecule has 3 N–H and O–H groups in total. The number of rotatable bonds is 9. The van der Waals surface area contributed by atoms with E-state index in [-0.39, 0.29) is 31.9 Å². The van der Waals surface area contributed by atoms with E-state index < -0.39 is 18.3 Å². The van der Waals surface area contributed by atoms with Crippen LogP contribution in [0.25, 0.3) is 0 Å². The SMILES string of the molecule is COCC1CCCN1NS(=O)(=O)c1c(Cl)ccc(NC(=S)Nc2ccccc2Br)c1O[Si](C)(C)C(C)(C)C. The predicted octanol–water partition coefficient (Wildman–Crippen LogP) is 6.60. The summed E-state index contributed by atoms with van der Waals surface area (Å²) in [5, 5.41) is 8.10. The van der Waals surface area contributed by atoms with Gasteiger partial charge in [-0.1, -0.05) is 44.5 Å². The normalized spacial score (nSPS) is 16.9. The smallest absolute Gasteiger partial charge is 0.258 e. The Balaban J connectivity index is 2.05. The zero-order chi connectivity index (χ0) is 28.3. The molecule has 0 saturated carbocycles. The van der Waals surface area contributed by atoms with E-state index in [2.05, 4.69) is 52.2 Å². The number of hydrazine groups is 1. The van der Waals surface area contributed by atoms with Gasteiger partial charge < -0.3 is 19.8 Å². The lowest BCUT2D eigenvalue weighted by Crippen LogP contribution is -2.47. The van der Waals surface area contributed by atoms with Crippen LogP contribution in [0.4, 0.5) is 11.4 Å². The maximum Gasteiger partial charge on any atom is 0.258 e. The van der Waals surface area contributed by atoms with Gasteiger partial charge in [-0.25, -0.2) is 13.4 Å². The molecule has 1 aliphatic heterocycles. The predicted molar refractivity (Wildman–Crippen MR) is 165 cm³/mol. The summed E-state index contributed by atoms with van der Waals surface area (Å²) in [6.45, 7) is 11.3. The fourth-order valence-electron chi connectivity index (χ4n) is 3.76. The lowest BCUT2D eigenvalue weighted by Gasteiger charge is -2.38. The lowest BCUT2D eigenvalue weighted by atomic mass is 10.2. The van der Waals surface area contributed by atoms with Crippen LogP contribution in [0.3, 0.4) is 0 Å². The fraction of sp³-hybridized carbons (Fsp3) is 0.480. The van der Waals surface area contributed by atoms with E-state index in [9.17, 15) is 8.42 Å². The van der Waals surface area contributed by atoms with Crippen LogP contribution >= 0.6 is 39.7 Å². The van der Waals surface area contributed by atoms with Crippen LogP contribution in [0.5, 0.6) is 5.75 Å². The monoisotopic (exact) mass is 662 g/mol. The van der Waals surface area contributed by atoms with E-state index in [4.69, 9.17) is 33.0 Å². The second-order valence-electron chi connectivity index (χ2n) is 10.7. The Morgan fingerprint density at radius 3 is 2.47 bits per heavy atom. The number of hydrogen-bond acceptors (Lipinski definition) is 6. The molecule has 13 heteroatoms. The first-order valence-electron chi connectivity index (χ1n) is 12.3. The summed E-state index contributed by atoms with van der Waals surface area (Å²) in [5.41, 5.74) is 1.16. The van der Waals surface area contributed by atoms with Gasteiger partial charge in [-0.05, 0) is 83.4 Å². The Morgan fingerprint density at radius 1 is 1.18 bits per heavy atom. The molecule has 210 valence electrons. The fourth-order valence-corrected chi connectivity index (χ4v) is 7.28. The Labute approximate surface area is 246 Å². The first kappa shape index (κ1) is 31.3. The Kier molecular flexibility index (Phi) is 10.3. The number of hydrogen-bond donors (Lipinski definition) is 3. The van der Waals surface area contributed by atoms with Crippen LogP contribution in [0, 0.1) is 0 Å². The molecular weight excluding hydrogens is 628 g/mol. The van der Waals surface area contributed by atoms with Gasteiger partial charge in [0.1, 0.15) is 10.6 Å². The van der Waals surface area contributed by atoms with Crippen molar-refractivity contribution in [1.82, 2.24) is 9.84 Å². The maximum absolute atomic E-state index is 13.9. The van der Waals surface area contributed by atoms with Gasteiger partial charge >= 0.3 is 0 Å². The van der Waals surface area contributed by atoms with Crippen LogP contribution in [0.15, 0.2) is 45.8 Å². The van der Waals surface area contributed by atoms with Crippen molar-refractivity contribution in [3.63, 3.8) is 0 Å². The number of halogens is 2. The van der Waals surface area contributed by atoms with Crippen molar-refractivity contribution in [2.75, 3.05) is 30.9 Å². The zero-order valence-electron chi connectivity index (χ0n) is 22.5. The highest BCUT2D eigenvalue weighted by atomic mass is 79.9. The summed E-state index contributed by atoms with van der Waals surface area (Å²) in [6.07, 6.45) is 1.68. The van der Waals surface area contributed by atoms with Crippen molar-refractivity contribution >= 4 is 74.6 Å². The Hall–Kier alpha value is -1.25. The molecule has 3 rings (SSSR count). The van der Waals surface area contributed by atoms with Gasteiger partial charge in [-0.15, -0.1) is 4.83 Å². The van der Waals surface area contributed by atoms with Crippen molar-refractivity contribution in [3.8, 4) is 5.75 Å². The first-order chi connectivity index (χ1) is 17.7. The van der Waals surface area contributed by atoms with Gasteiger partial charge in [0.2, 0.25) is 0 Å². The quantitative estimate of drug-likeness (QED) is 0.204. The number of sulfonamides is 1. The molecule has 1 atom stereocenters. The minimum Gasteiger partial charge on any atom is -0.541 e. The highest BCUT2D eigenvalue weighted by Crippen LogP contribution is 2.44. The number of para-hydroxylation sites is 1. The molecule has 0 spiro atoms. The molecule has 0 aliphatic carbocycles. The molecule has 2 aromatic rings. The van der Waals surface area contributed by atoms with E-state index in [0.717, 1.165) is 23.0 Å². The zero-order valence-corrected chi connectivity index (χ0v) is 27.5. The topological polar surface area (TPSA) is 91.9 Å². The van der Waals surface area contributed by atoms with E-state index in [1.807, 2.05) is 37.4 Å². The molecule has 0 amide bonds. The second kappa shape index (κ2) is 12.5. The number of ether oxygens (including phenoxy) is 1. The molecule has 0 bridgehead atoms. The average Bonchev–Trinajstić information content (AvgIpc) is 3.22. The van der Waals surface area contributed by atoms with Crippen LogP contribution in [0.2, 0.25) is 23.2 Å². The summed E-state index contributed by atoms with van der Waals surface area (Å²) >= 11 is 15.7. The van der Waals surface area contributed by atoms with Gasteiger partial charge in [0.25, 0.3) is 18.3 Å². The molecule has 1 aliphatic rings. The highest BCUT2D eigenvalue weighted by Gasteiger charge is 2.42. The molecule has 1 saturated heterocycles. The Morgan fingerprint density at radius 2 is 1.84 bits per heavy atom. The molecular formula is C25H36BrClN4O4S2Si. The summed E-state index contributed by atoms with van der Waals surface area (Å²) in [4.78, 5) is 2.61. The number of nitrogens with zero attached hydrogens (tertiary/aromatic N) is 1. The number of nitrogens with one attached hydrogen (secondary N) is 3. The van der Waals surface area contributed by atoms with Gasteiger partial charge in [-0.2, -0.15) is 0 Å². The average molecular weight is 664 g/mol. The van der Waals surface area contributed by atoms with Crippen LogP contribution in [-0.2, 0) is 14.8 Å². The van der Waals surface area contributed by atoms with E-state index in [1.54, 1.807) is 18.2 Å². The van der Waals surface area contributed by atoms with Gasteiger partial charge in [0, 0.05) is 24.2 Å². The lowest BCUT2D eigenvalue weighted by molar-refractivity contribution is 0.104. The number of benzene rings is 2. The molecule has 38 heavy (non-hydrogen) atoms. The van der Waals surface area contributed by atoms with Gasteiger partial charge in [0.15, 0.2) is 5.11 Å². The number of anilines is 2. The Bertz CT molecular complexity index is 1270. The largest absolute Gasteiger partial charge is 0.541 e. The van der Waals surface area contributed by atoms with Crippen LogP contribution < -0.4 is 19.9 Å². The molecule has 0 radical (unpaired) electrons. The van der Waals surface area contributed by atoms with E-state index >= 15 is 0 Å². The van der Waals surface area contributed by atoms with Crippen molar-refractivity contribution in [1.29, 1.82) is 0 Å². The third kappa shape index (κ3) is 7.48. The third-order valence-corrected chi connectivity index (χ3v) is 13.9. The number of thiocarbonyl (C=S) groups is 1. The van der Waals surface area contributed by atoms with Crippen LogP contribution in [-0.4, -0.2) is 53.2 Å². The van der Waals surface area contributed by atoms with Gasteiger partial charge in [-0.3, -0.25) is 0 Å². The summed E-state index contributed by atoms with van der Waals surface area (Å²) in [6, 6.07) is 10.7. The summed E-state index contributed by atoms with van der Waals surface area (Å²) in [7, 11) is -5.03. The van der Waals surface area contributed by atoms with E-state index in [0.29, 0.717) is 18.8 Å². The molecule has 1 unspecified atom stereocenters. The number of methoxy groups -OCH3 is 1. The standard InChI is InChI=1S/C25H36BrClN4O4S2Si/c1-25(2,3)38(5,6)35-22-21(29-24(36)28-20-12-8-7-11-18(20)26)14-13-19(27)23(22)37(32,33)30-31-15-9-10-17(31)16-34-4/h7-8,11-14,17,30H,9-10,15-16H2,1-6H3,(H2,28,29,36). The highest BCUT2D eigenvalue weighted by molar-refractivity contribution is 9.10. The first-order valence-corrected chi connectivity index (χ1v) is 18.3. The minimum atomic E-state index is -4.12. The molecule has 8 nitrogen and oxygen atoms in total. The van der Waals surface area contributed by atoms with Crippen molar-refractivity contribution < 1.29 is 17.6 Å². The third-order valence-electron chi connectivity index (χ3n) is 6.84. The maximum atomic E-state index is 13.9. The molecule has 1 heterocycles. The van der Waals surface area contributed by atoms with E-state index in [1.165, 1.54) is 6.07 Å². The van der Waals surface area contributed by atoms with Crippen molar-refractivity contribution in [2.24, 2.45) is 0 Å². The van der Waals surface area contributed by atoms with Crippen molar-refractivity contribution in [2.45, 2.75) is 62.7 Å². The molecule has 1 fully saturated rings. The molecule has 0 aromatic heterocycles.